The zero-order chi connectivity index (χ0) is 19.2. The fraction of sp³-hybridized carbons (Fsp3) is 0.833. The molecule has 2 heterocycles. The summed E-state index contributed by atoms with van der Waals surface area (Å²) in [6.07, 6.45) is 2.40. The third-order valence-corrected chi connectivity index (χ3v) is 4.31. The van der Waals surface area contributed by atoms with Gasteiger partial charge in [0.2, 0.25) is 11.8 Å². The molecule has 1 atom stereocenters. The zero-order valence-electron chi connectivity index (χ0n) is 16.6. The Balaban J connectivity index is 0.000000430. The molecule has 0 saturated carbocycles. The summed E-state index contributed by atoms with van der Waals surface area (Å²) in [5, 5.41) is 2.99. The molecule has 0 aromatic heterocycles. The Morgan fingerprint density at radius 1 is 1.08 bits per heavy atom. The molecule has 7 heteroatoms. The first-order chi connectivity index (χ1) is 12.0. The summed E-state index contributed by atoms with van der Waals surface area (Å²) >= 11 is 0. The maximum atomic E-state index is 11.5. The smallest absolute Gasteiger partial charge is 0.223 e. The molecule has 2 rings (SSSR count). The molecule has 0 aliphatic carbocycles. The highest BCUT2D eigenvalue weighted by molar-refractivity contribution is 5.76. The van der Waals surface area contributed by atoms with Crippen LogP contribution >= 0.6 is 0 Å². The molecule has 2 fully saturated rings. The van der Waals surface area contributed by atoms with Gasteiger partial charge < -0.3 is 24.8 Å². The SMILES string of the molecule is CC.CC(=O)N1CCC(C=O)C1.CNCCC(=O)N1CCN(C)CC1. The van der Waals surface area contributed by atoms with Gasteiger partial charge >= 0.3 is 0 Å². The van der Waals surface area contributed by atoms with Gasteiger partial charge in [-0.25, -0.2) is 0 Å². The molecular formula is C18H36N4O3. The van der Waals surface area contributed by atoms with Crippen LogP contribution in [0.5, 0.6) is 0 Å². The second-order valence-electron chi connectivity index (χ2n) is 6.19. The largest absolute Gasteiger partial charge is 0.342 e. The Bertz CT molecular complexity index is 396. The predicted molar refractivity (Wildman–Crippen MR) is 100 cm³/mol. The maximum Gasteiger partial charge on any atom is 0.223 e. The van der Waals surface area contributed by atoms with Crippen LogP contribution in [0.2, 0.25) is 0 Å². The first-order valence-corrected chi connectivity index (χ1v) is 9.29. The monoisotopic (exact) mass is 356 g/mol. The summed E-state index contributed by atoms with van der Waals surface area (Å²) in [5.74, 6) is 0.440. The van der Waals surface area contributed by atoms with Gasteiger partial charge in [-0.3, -0.25) is 9.59 Å². The van der Waals surface area contributed by atoms with Gasteiger partial charge in [-0.05, 0) is 20.5 Å². The summed E-state index contributed by atoms with van der Waals surface area (Å²) in [4.78, 5) is 38.4. The Morgan fingerprint density at radius 3 is 2.08 bits per heavy atom. The van der Waals surface area contributed by atoms with E-state index in [1.165, 1.54) is 6.92 Å². The van der Waals surface area contributed by atoms with E-state index in [0.717, 1.165) is 52.0 Å². The molecule has 0 spiro atoms. The Hall–Kier alpha value is -1.47. The van der Waals surface area contributed by atoms with E-state index in [1.54, 1.807) is 4.90 Å². The highest BCUT2D eigenvalue weighted by Gasteiger charge is 2.23. The number of nitrogens with one attached hydrogen (secondary N) is 1. The molecule has 1 N–H and O–H groups in total. The lowest BCUT2D eigenvalue weighted by atomic mass is 10.1. The fourth-order valence-electron chi connectivity index (χ4n) is 2.63. The van der Waals surface area contributed by atoms with Crippen molar-refractivity contribution < 1.29 is 14.4 Å². The fourth-order valence-corrected chi connectivity index (χ4v) is 2.63. The molecule has 0 bridgehead atoms. The highest BCUT2D eigenvalue weighted by Crippen LogP contribution is 2.13. The number of carbonyl (C=O) groups is 3. The minimum absolute atomic E-state index is 0.0735. The van der Waals surface area contributed by atoms with Crippen molar-refractivity contribution in [3.05, 3.63) is 0 Å². The molecule has 7 nitrogen and oxygen atoms in total. The van der Waals surface area contributed by atoms with Gasteiger partial charge in [0, 0.05) is 65.1 Å². The number of amides is 2. The van der Waals surface area contributed by atoms with E-state index in [2.05, 4.69) is 17.3 Å². The zero-order valence-corrected chi connectivity index (χ0v) is 16.6. The van der Waals surface area contributed by atoms with Gasteiger partial charge in [-0.1, -0.05) is 13.8 Å². The molecule has 0 aromatic carbocycles. The molecule has 2 aliphatic heterocycles. The van der Waals surface area contributed by atoms with Crippen LogP contribution in [0.15, 0.2) is 0 Å². The van der Waals surface area contributed by atoms with Crippen LogP contribution in [0.25, 0.3) is 0 Å². The van der Waals surface area contributed by atoms with Crippen LogP contribution in [0, 0.1) is 5.92 Å². The van der Waals surface area contributed by atoms with Crippen LogP contribution in [0.1, 0.15) is 33.6 Å². The van der Waals surface area contributed by atoms with Crippen LogP contribution in [-0.4, -0.2) is 92.7 Å². The van der Waals surface area contributed by atoms with Crippen molar-refractivity contribution in [2.75, 3.05) is 59.9 Å². The van der Waals surface area contributed by atoms with Crippen molar-refractivity contribution in [1.82, 2.24) is 20.0 Å². The second kappa shape index (κ2) is 13.8. The van der Waals surface area contributed by atoms with Crippen LogP contribution in [-0.2, 0) is 14.4 Å². The standard InChI is InChI=1S/C9H19N3O.C7H11NO2.C2H6/c1-10-4-3-9(13)12-7-5-11(2)6-8-12;1-6(10)8-3-2-7(4-8)5-9;1-2/h10H,3-8H2,1-2H3;5,7H,2-4H2,1H3;1-2H3. The summed E-state index contributed by atoms with van der Waals surface area (Å²) < 4.78 is 0. The third kappa shape index (κ3) is 9.55. The predicted octanol–water partition coefficient (Wildman–Crippen LogP) is 0.450. The number of piperazine rings is 1. The molecular weight excluding hydrogens is 320 g/mol. The first kappa shape index (κ1) is 23.5. The summed E-state index contributed by atoms with van der Waals surface area (Å²) in [5.41, 5.74) is 0. The van der Waals surface area contributed by atoms with Crippen LogP contribution in [0.3, 0.4) is 0 Å². The molecule has 2 amide bonds. The molecule has 1 unspecified atom stereocenters. The van der Waals surface area contributed by atoms with E-state index in [9.17, 15) is 14.4 Å². The number of rotatable bonds is 4. The topological polar surface area (TPSA) is 73.0 Å². The van der Waals surface area contributed by atoms with E-state index >= 15 is 0 Å². The number of aldehydes is 1. The average Bonchev–Trinajstić information content (AvgIpc) is 3.12. The molecule has 25 heavy (non-hydrogen) atoms. The minimum atomic E-state index is 0.0735. The van der Waals surface area contributed by atoms with Crippen molar-refractivity contribution in [2.24, 2.45) is 5.92 Å². The maximum absolute atomic E-state index is 11.5. The summed E-state index contributed by atoms with van der Waals surface area (Å²) in [6, 6.07) is 0. The lowest BCUT2D eigenvalue weighted by Crippen LogP contribution is -2.47. The van der Waals surface area contributed by atoms with Crippen molar-refractivity contribution >= 4 is 18.1 Å². The van der Waals surface area contributed by atoms with E-state index in [-0.39, 0.29) is 17.7 Å². The summed E-state index contributed by atoms with van der Waals surface area (Å²) in [6.45, 7) is 11.5. The Kier molecular flexibility index (Phi) is 13.0. The van der Waals surface area contributed by atoms with E-state index < -0.39 is 0 Å². The van der Waals surface area contributed by atoms with Gasteiger partial charge in [0.25, 0.3) is 0 Å². The van der Waals surface area contributed by atoms with Gasteiger partial charge in [0.15, 0.2) is 0 Å². The van der Waals surface area contributed by atoms with E-state index in [0.29, 0.717) is 13.0 Å². The van der Waals surface area contributed by atoms with Crippen molar-refractivity contribution in [2.45, 2.75) is 33.6 Å². The molecule has 146 valence electrons. The number of nitrogens with zero attached hydrogens (tertiary/aromatic N) is 3. The number of hydrogen-bond acceptors (Lipinski definition) is 5. The summed E-state index contributed by atoms with van der Waals surface area (Å²) in [7, 11) is 3.96. The third-order valence-electron chi connectivity index (χ3n) is 4.31. The van der Waals surface area contributed by atoms with Crippen LogP contribution in [0.4, 0.5) is 0 Å². The van der Waals surface area contributed by atoms with Crippen molar-refractivity contribution in [3.63, 3.8) is 0 Å². The van der Waals surface area contributed by atoms with Crippen molar-refractivity contribution in [1.29, 1.82) is 0 Å². The molecule has 0 radical (unpaired) electrons. The van der Waals surface area contributed by atoms with Crippen LogP contribution < -0.4 is 5.32 Å². The number of likely N-dealkylation sites (tertiary alicyclic amines) is 1. The molecule has 2 saturated heterocycles. The number of likely N-dealkylation sites (N-methyl/N-ethyl adjacent to an activating group) is 1. The van der Waals surface area contributed by atoms with Gasteiger partial charge in [-0.15, -0.1) is 0 Å². The number of carbonyl (C=O) groups excluding carboxylic acids is 3. The second-order valence-corrected chi connectivity index (χ2v) is 6.19. The minimum Gasteiger partial charge on any atom is -0.342 e. The van der Waals surface area contributed by atoms with Gasteiger partial charge in [-0.2, -0.15) is 0 Å². The van der Waals surface area contributed by atoms with E-state index in [4.69, 9.17) is 0 Å². The highest BCUT2D eigenvalue weighted by atomic mass is 16.2. The molecule has 0 aromatic rings. The first-order valence-electron chi connectivity index (χ1n) is 9.29. The Labute approximate surface area is 152 Å². The van der Waals surface area contributed by atoms with Gasteiger partial charge in [0.05, 0.1) is 0 Å². The lowest BCUT2D eigenvalue weighted by Gasteiger charge is -2.32. The lowest BCUT2D eigenvalue weighted by molar-refractivity contribution is -0.132. The molecule has 2 aliphatic rings. The van der Waals surface area contributed by atoms with Crippen molar-refractivity contribution in [3.8, 4) is 0 Å². The average molecular weight is 357 g/mol. The van der Waals surface area contributed by atoms with Gasteiger partial charge in [0.1, 0.15) is 6.29 Å². The normalized spacial score (nSPS) is 20.1. The quantitative estimate of drug-likeness (QED) is 0.741. The number of hydrogen-bond donors (Lipinski definition) is 1. The van der Waals surface area contributed by atoms with E-state index in [1.807, 2.05) is 25.8 Å². The Morgan fingerprint density at radius 2 is 1.68 bits per heavy atom.